The van der Waals surface area contributed by atoms with Crippen LogP contribution in [0.4, 0.5) is 0 Å². The van der Waals surface area contributed by atoms with E-state index in [1.165, 1.54) is 6.04 Å². The lowest BCUT2D eigenvalue weighted by atomic mass is 10.5. The van der Waals surface area contributed by atoms with Crippen molar-refractivity contribution < 1.29 is 0 Å². The van der Waals surface area contributed by atoms with Gasteiger partial charge < -0.3 is 0 Å². The largest absolute Gasteiger partial charge is 0.103 e. The van der Waals surface area contributed by atoms with Gasteiger partial charge in [0.2, 0.25) is 0 Å². The summed E-state index contributed by atoms with van der Waals surface area (Å²) >= 11 is 0. The van der Waals surface area contributed by atoms with Crippen LogP contribution in [0, 0.1) is 0 Å². The first-order valence-corrected chi connectivity index (χ1v) is 7.35. The maximum absolute atomic E-state index is 3.80. The monoisotopic (exact) mass is 164 g/mol. The molecular weight excluding hydrogens is 148 g/mol. The van der Waals surface area contributed by atoms with Crippen molar-refractivity contribution in [1.29, 1.82) is 0 Å². The standard InChI is InChI=1S/C10H16Si/c1-4-9-11(2,3)10-7-5-6-8-10/h4-5,7-8H,1,6,9H2,2-3H3. The molecule has 0 saturated heterocycles. The second-order valence-corrected chi connectivity index (χ2v) is 8.43. The average Bonchev–Trinajstić information content (AvgIpc) is 2.37. The van der Waals surface area contributed by atoms with Crippen molar-refractivity contribution in [1.82, 2.24) is 0 Å². The molecule has 0 spiro atoms. The minimum absolute atomic E-state index is 1.11. The molecular formula is C10H16Si. The highest BCUT2D eigenvalue weighted by Crippen LogP contribution is 2.24. The zero-order valence-electron chi connectivity index (χ0n) is 7.43. The zero-order chi connectivity index (χ0) is 8.32. The van der Waals surface area contributed by atoms with Crippen LogP contribution in [-0.2, 0) is 0 Å². The third kappa shape index (κ3) is 1.93. The Bertz CT molecular complexity index is 209. The van der Waals surface area contributed by atoms with E-state index in [4.69, 9.17) is 0 Å². The van der Waals surface area contributed by atoms with Crippen molar-refractivity contribution in [3.8, 4) is 0 Å². The Labute approximate surface area is 70.3 Å². The first kappa shape index (κ1) is 8.53. The van der Waals surface area contributed by atoms with E-state index in [0.29, 0.717) is 0 Å². The molecule has 1 aliphatic carbocycles. The van der Waals surface area contributed by atoms with Crippen LogP contribution in [0.1, 0.15) is 6.42 Å². The Morgan fingerprint density at radius 1 is 1.64 bits per heavy atom. The summed E-state index contributed by atoms with van der Waals surface area (Å²) in [6, 6.07) is 1.20. The Morgan fingerprint density at radius 2 is 2.36 bits per heavy atom. The molecule has 1 heteroatoms. The van der Waals surface area contributed by atoms with Crippen LogP contribution < -0.4 is 0 Å². The predicted molar refractivity (Wildman–Crippen MR) is 54.3 cm³/mol. The van der Waals surface area contributed by atoms with Gasteiger partial charge in [0.15, 0.2) is 0 Å². The molecule has 11 heavy (non-hydrogen) atoms. The Kier molecular flexibility index (Phi) is 2.50. The fourth-order valence-electron chi connectivity index (χ4n) is 1.44. The van der Waals surface area contributed by atoms with Gasteiger partial charge in [-0.2, -0.15) is 0 Å². The first-order valence-electron chi connectivity index (χ1n) is 4.15. The maximum Gasteiger partial charge on any atom is 0.0838 e. The van der Waals surface area contributed by atoms with E-state index in [-0.39, 0.29) is 0 Å². The first-order chi connectivity index (χ1) is 5.17. The third-order valence-electron chi connectivity index (χ3n) is 2.21. The second kappa shape index (κ2) is 3.22. The van der Waals surface area contributed by atoms with Crippen LogP contribution in [0.5, 0.6) is 0 Å². The molecule has 1 aliphatic rings. The summed E-state index contributed by atoms with van der Waals surface area (Å²) in [6.07, 6.45) is 10.1. The van der Waals surface area contributed by atoms with Crippen molar-refractivity contribution in [3.05, 3.63) is 36.1 Å². The predicted octanol–water partition coefficient (Wildman–Crippen LogP) is 3.31. The van der Waals surface area contributed by atoms with Crippen LogP contribution in [0.3, 0.4) is 0 Å². The molecule has 0 radical (unpaired) electrons. The summed E-state index contributed by atoms with van der Waals surface area (Å²) in [5.41, 5.74) is 0. The van der Waals surface area contributed by atoms with E-state index in [0.717, 1.165) is 6.42 Å². The van der Waals surface area contributed by atoms with Gasteiger partial charge >= 0.3 is 0 Å². The highest BCUT2D eigenvalue weighted by Gasteiger charge is 2.23. The van der Waals surface area contributed by atoms with Crippen molar-refractivity contribution in [2.45, 2.75) is 25.6 Å². The minimum Gasteiger partial charge on any atom is -0.103 e. The van der Waals surface area contributed by atoms with E-state index in [1.807, 2.05) is 0 Å². The molecule has 0 atom stereocenters. The van der Waals surface area contributed by atoms with Crippen LogP contribution in [-0.4, -0.2) is 8.07 Å². The molecule has 0 aliphatic heterocycles. The molecule has 0 saturated carbocycles. The van der Waals surface area contributed by atoms with Gasteiger partial charge in [-0.3, -0.25) is 0 Å². The van der Waals surface area contributed by atoms with Crippen LogP contribution in [0.15, 0.2) is 36.1 Å². The van der Waals surface area contributed by atoms with E-state index < -0.39 is 8.07 Å². The highest BCUT2D eigenvalue weighted by molar-refractivity contribution is 6.85. The van der Waals surface area contributed by atoms with Gasteiger partial charge in [0.1, 0.15) is 0 Å². The summed E-state index contributed by atoms with van der Waals surface area (Å²) in [5.74, 6) is 0. The van der Waals surface area contributed by atoms with Crippen LogP contribution in [0.2, 0.25) is 19.1 Å². The molecule has 0 unspecified atom stereocenters. The molecule has 0 amide bonds. The highest BCUT2D eigenvalue weighted by atomic mass is 28.3. The molecule has 0 aromatic carbocycles. The van der Waals surface area contributed by atoms with Crippen LogP contribution in [0.25, 0.3) is 0 Å². The normalized spacial score (nSPS) is 16.7. The van der Waals surface area contributed by atoms with Gasteiger partial charge in [0.25, 0.3) is 0 Å². The molecule has 0 nitrogen and oxygen atoms in total. The average molecular weight is 164 g/mol. The Hall–Kier alpha value is -0.563. The van der Waals surface area contributed by atoms with Gasteiger partial charge in [0, 0.05) is 0 Å². The summed E-state index contributed by atoms with van der Waals surface area (Å²) in [4.78, 5) is 0. The van der Waals surface area contributed by atoms with Gasteiger partial charge in [0.05, 0.1) is 8.07 Å². The fourth-order valence-corrected chi connectivity index (χ4v) is 3.64. The van der Waals surface area contributed by atoms with Crippen molar-refractivity contribution in [2.24, 2.45) is 0 Å². The lowest BCUT2D eigenvalue weighted by Gasteiger charge is -2.20. The Morgan fingerprint density at radius 3 is 2.82 bits per heavy atom. The van der Waals surface area contributed by atoms with E-state index in [9.17, 15) is 0 Å². The molecule has 60 valence electrons. The molecule has 0 fully saturated rings. The lowest BCUT2D eigenvalue weighted by Crippen LogP contribution is -2.26. The lowest BCUT2D eigenvalue weighted by molar-refractivity contribution is 1.43. The summed E-state index contributed by atoms with van der Waals surface area (Å²) in [6.45, 7) is 8.60. The summed E-state index contributed by atoms with van der Waals surface area (Å²) < 4.78 is 0. The minimum atomic E-state index is -1.11. The van der Waals surface area contributed by atoms with Crippen molar-refractivity contribution in [2.75, 3.05) is 0 Å². The van der Waals surface area contributed by atoms with E-state index in [1.54, 1.807) is 5.20 Å². The van der Waals surface area contributed by atoms with Crippen molar-refractivity contribution in [3.63, 3.8) is 0 Å². The quantitative estimate of drug-likeness (QED) is 0.443. The number of rotatable bonds is 3. The fraction of sp³-hybridized carbons (Fsp3) is 0.400. The molecule has 1 rings (SSSR count). The molecule has 0 aromatic heterocycles. The van der Waals surface area contributed by atoms with Gasteiger partial charge in [-0.15, -0.1) is 6.58 Å². The number of hydrogen-bond donors (Lipinski definition) is 0. The van der Waals surface area contributed by atoms with Gasteiger partial charge in [-0.05, 0) is 12.5 Å². The maximum atomic E-state index is 3.80. The summed E-state index contributed by atoms with van der Waals surface area (Å²) in [5, 5.41) is 1.59. The topological polar surface area (TPSA) is 0 Å². The molecule has 0 heterocycles. The number of allylic oxidation sites excluding steroid dienone is 5. The smallest absolute Gasteiger partial charge is 0.0838 e. The SMILES string of the molecule is C=CC[Si](C)(C)C1=CCC=C1. The second-order valence-electron chi connectivity index (χ2n) is 3.67. The van der Waals surface area contributed by atoms with E-state index >= 15 is 0 Å². The molecule has 0 aromatic rings. The Balaban J connectivity index is 2.70. The third-order valence-corrected chi connectivity index (χ3v) is 5.45. The van der Waals surface area contributed by atoms with Gasteiger partial charge in [-0.25, -0.2) is 0 Å². The van der Waals surface area contributed by atoms with Crippen molar-refractivity contribution >= 4 is 8.07 Å². The van der Waals surface area contributed by atoms with E-state index in [2.05, 4.69) is 44.0 Å². The molecule has 0 bridgehead atoms. The summed E-state index contributed by atoms with van der Waals surface area (Å²) in [7, 11) is -1.11. The zero-order valence-corrected chi connectivity index (χ0v) is 8.43. The van der Waals surface area contributed by atoms with Gasteiger partial charge in [-0.1, -0.05) is 42.6 Å². The number of hydrogen-bond acceptors (Lipinski definition) is 0. The van der Waals surface area contributed by atoms with Crippen LogP contribution >= 0.6 is 0 Å². The molecule has 0 N–H and O–H groups in total.